The Labute approximate surface area is 218 Å². The number of ether oxygens (including phenoxy) is 1. The Morgan fingerprint density at radius 2 is 1.89 bits per heavy atom. The van der Waals surface area contributed by atoms with E-state index >= 15 is 0 Å². The van der Waals surface area contributed by atoms with E-state index in [2.05, 4.69) is 15.3 Å². The lowest BCUT2D eigenvalue weighted by Crippen LogP contribution is -2.58. The molecule has 0 aliphatic carbocycles. The third kappa shape index (κ3) is 4.63. The smallest absolute Gasteiger partial charge is 0.266 e. The zero-order valence-corrected chi connectivity index (χ0v) is 22.3. The molecule has 1 saturated heterocycles. The van der Waals surface area contributed by atoms with Gasteiger partial charge in [0.25, 0.3) is 12.0 Å². The molecule has 0 radical (unpaired) electrons. The number of hydrogen-bond donors (Lipinski definition) is 1. The number of alkyl halides is 2. The summed E-state index contributed by atoms with van der Waals surface area (Å²) in [5.74, 6) is -0.720. The van der Waals surface area contributed by atoms with Crippen LogP contribution in [-0.4, -0.2) is 44.5 Å². The minimum atomic E-state index is -2.94. The SMILES string of the molecule is CO[C@]1(c2cc3c(N[C@H](C)c4cccc(C(F)F)c4F)ncnc3n(C)c2=O)CCN(C(C)=O)C(C)(C)C1. The molecule has 2 aromatic heterocycles. The van der Waals surface area contributed by atoms with E-state index in [0.717, 1.165) is 6.07 Å². The lowest BCUT2D eigenvalue weighted by Gasteiger charge is -2.50. The number of aromatic nitrogens is 3. The largest absolute Gasteiger partial charge is 0.373 e. The Kier molecular flexibility index (Phi) is 7.26. The van der Waals surface area contributed by atoms with Gasteiger partial charge >= 0.3 is 0 Å². The van der Waals surface area contributed by atoms with Crippen LogP contribution in [0.15, 0.2) is 35.4 Å². The molecule has 0 spiro atoms. The number of piperidine rings is 1. The fraction of sp³-hybridized carbons (Fsp3) is 0.481. The lowest BCUT2D eigenvalue weighted by molar-refractivity contribution is -0.149. The number of carbonyl (C=O) groups excluding carboxylic acids is 1. The van der Waals surface area contributed by atoms with Crippen LogP contribution in [0.1, 0.15) is 69.7 Å². The van der Waals surface area contributed by atoms with E-state index in [4.69, 9.17) is 4.74 Å². The van der Waals surface area contributed by atoms with Crippen LogP contribution in [0.25, 0.3) is 11.0 Å². The number of anilines is 1. The van der Waals surface area contributed by atoms with E-state index in [9.17, 15) is 22.8 Å². The predicted octanol–water partition coefficient (Wildman–Crippen LogP) is 4.84. The summed E-state index contributed by atoms with van der Waals surface area (Å²) in [7, 11) is 3.14. The van der Waals surface area contributed by atoms with E-state index < -0.39 is 35.0 Å². The van der Waals surface area contributed by atoms with Crippen LogP contribution < -0.4 is 10.9 Å². The molecule has 2 atom stereocenters. The number of nitrogens with zero attached hydrogens (tertiary/aromatic N) is 4. The molecule has 4 rings (SSSR count). The van der Waals surface area contributed by atoms with Crippen molar-refractivity contribution in [3.63, 3.8) is 0 Å². The topological polar surface area (TPSA) is 89.3 Å². The number of methoxy groups -OCH3 is 1. The number of benzene rings is 1. The van der Waals surface area contributed by atoms with Gasteiger partial charge in [-0.05, 0) is 33.3 Å². The molecule has 1 amide bonds. The van der Waals surface area contributed by atoms with Crippen molar-refractivity contribution in [1.82, 2.24) is 19.4 Å². The van der Waals surface area contributed by atoms with E-state index in [1.807, 2.05) is 13.8 Å². The number of likely N-dealkylation sites (tertiary alicyclic amines) is 1. The molecule has 38 heavy (non-hydrogen) atoms. The van der Waals surface area contributed by atoms with Gasteiger partial charge in [-0.15, -0.1) is 0 Å². The van der Waals surface area contributed by atoms with Crippen LogP contribution in [0.4, 0.5) is 19.0 Å². The Morgan fingerprint density at radius 1 is 1.21 bits per heavy atom. The molecule has 0 unspecified atom stereocenters. The van der Waals surface area contributed by atoms with Crippen molar-refractivity contribution in [3.8, 4) is 0 Å². The summed E-state index contributed by atoms with van der Waals surface area (Å²) in [4.78, 5) is 36.2. The Balaban J connectivity index is 1.81. The number of fused-ring (bicyclic) bond motifs is 1. The van der Waals surface area contributed by atoms with Crippen molar-refractivity contribution in [2.24, 2.45) is 7.05 Å². The minimum absolute atomic E-state index is 0.0527. The third-order valence-electron chi connectivity index (χ3n) is 7.57. The first-order valence-corrected chi connectivity index (χ1v) is 12.3. The number of hydrogen-bond acceptors (Lipinski definition) is 6. The highest BCUT2D eigenvalue weighted by Gasteiger charge is 2.48. The lowest BCUT2D eigenvalue weighted by atomic mass is 9.75. The highest BCUT2D eigenvalue weighted by Crippen LogP contribution is 2.43. The molecule has 11 heteroatoms. The summed E-state index contributed by atoms with van der Waals surface area (Å²) >= 11 is 0. The molecule has 1 N–H and O–H groups in total. The summed E-state index contributed by atoms with van der Waals surface area (Å²) in [6, 6.07) is 4.84. The van der Waals surface area contributed by atoms with Gasteiger partial charge in [-0.2, -0.15) is 0 Å². The Bertz CT molecular complexity index is 1440. The molecule has 1 aromatic carbocycles. The number of halogens is 3. The fourth-order valence-corrected chi connectivity index (χ4v) is 5.64. The van der Waals surface area contributed by atoms with E-state index in [-0.39, 0.29) is 17.0 Å². The molecular weight excluding hydrogens is 499 g/mol. The predicted molar refractivity (Wildman–Crippen MR) is 138 cm³/mol. The van der Waals surface area contributed by atoms with E-state index in [0.29, 0.717) is 41.8 Å². The zero-order valence-electron chi connectivity index (χ0n) is 22.3. The van der Waals surface area contributed by atoms with Crippen molar-refractivity contribution in [2.45, 2.75) is 64.1 Å². The van der Waals surface area contributed by atoms with Gasteiger partial charge in [-0.25, -0.2) is 23.1 Å². The van der Waals surface area contributed by atoms with Crippen molar-refractivity contribution >= 4 is 22.8 Å². The quantitative estimate of drug-likeness (QED) is 0.490. The second-order valence-corrected chi connectivity index (χ2v) is 10.4. The number of carbonyl (C=O) groups is 1. The number of amides is 1. The van der Waals surface area contributed by atoms with E-state index in [1.165, 1.54) is 30.0 Å². The first-order chi connectivity index (χ1) is 17.8. The maximum Gasteiger partial charge on any atom is 0.266 e. The number of nitrogens with one attached hydrogen (secondary N) is 1. The van der Waals surface area contributed by atoms with Crippen LogP contribution in [0.5, 0.6) is 0 Å². The molecule has 0 saturated carbocycles. The maximum atomic E-state index is 14.8. The van der Waals surface area contributed by atoms with Crippen LogP contribution in [0.2, 0.25) is 0 Å². The summed E-state index contributed by atoms with van der Waals surface area (Å²) < 4.78 is 48.8. The monoisotopic (exact) mass is 531 g/mol. The summed E-state index contributed by atoms with van der Waals surface area (Å²) in [5.41, 5.74) is -1.72. The van der Waals surface area contributed by atoms with Gasteiger partial charge in [-0.3, -0.25) is 14.2 Å². The molecule has 1 fully saturated rings. The summed E-state index contributed by atoms with van der Waals surface area (Å²) in [5, 5.41) is 3.60. The highest BCUT2D eigenvalue weighted by atomic mass is 19.3. The van der Waals surface area contributed by atoms with Crippen LogP contribution in [0.3, 0.4) is 0 Å². The Morgan fingerprint density at radius 3 is 2.50 bits per heavy atom. The van der Waals surface area contributed by atoms with Crippen LogP contribution in [0, 0.1) is 5.82 Å². The molecule has 8 nitrogen and oxygen atoms in total. The van der Waals surface area contributed by atoms with Crippen molar-refractivity contribution in [2.75, 3.05) is 19.0 Å². The van der Waals surface area contributed by atoms with Gasteiger partial charge in [0, 0.05) is 45.1 Å². The van der Waals surface area contributed by atoms with Gasteiger partial charge < -0.3 is 15.0 Å². The highest BCUT2D eigenvalue weighted by molar-refractivity contribution is 5.87. The van der Waals surface area contributed by atoms with Crippen LogP contribution >= 0.6 is 0 Å². The normalized spacial score (nSPS) is 20.1. The molecule has 3 heterocycles. The fourth-order valence-electron chi connectivity index (χ4n) is 5.64. The van der Waals surface area contributed by atoms with Crippen molar-refractivity contribution < 1.29 is 22.7 Å². The minimum Gasteiger partial charge on any atom is -0.373 e. The second-order valence-electron chi connectivity index (χ2n) is 10.4. The first-order valence-electron chi connectivity index (χ1n) is 12.3. The molecule has 1 aliphatic rings. The van der Waals surface area contributed by atoms with Crippen LogP contribution in [-0.2, 0) is 22.2 Å². The summed E-state index contributed by atoms with van der Waals surface area (Å²) in [6.45, 7) is 7.44. The number of pyridine rings is 1. The maximum absolute atomic E-state index is 14.8. The van der Waals surface area contributed by atoms with Gasteiger partial charge in [0.1, 0.15) is 29.2 Å². The number of rotatable bonds is 6. The first kappa shape index (κ1) is 27.6. The average molecular weight is 532 g/mol. The molecule has 204 valence electrons. The molecule has 1 aliphatic heterocycles. The van der Waals surface area contributed by atoms with Gasteiger partial charge in [0.05, 0.1) is 22.6 Å². The number of aryl methyl sites for hydroxylation is 1. The van der Waals surface area contributed by atoms with Gasteiger partial charge in [0.2, 0.25) is 5.91 Å². The Hall–Kier alpha value is -3.47. The van der Waals surface area contributed by atoms with Gasteiger partial charge in [-0.1, -0.05) is 18.2 Å². The molecule has 0 bridgehead atoms. The van der Waals surface area contributed by atoms with Crippen molar-refractivity contribution in [3.05, 3.63) is 63.5 Å². The standard InChI is InChI=1S/C27H32F3N5O3/c1-15(17-8-7-9-18(21(17)28)22(29)30)33-23-19-12-20(25(37)34(5)24(19)32-14-31-23)27(38-6)10-11-35(16(2)36)26(3,4)13-27/h7-9,12,14-15,22H,10-11,13H2,1-6H3,(H,31,32,33)/t15-,27-/m1/s1. The van der Waals surface area contributed by atoms with Crippen molar-refractivity contribution in [1.29, 1.82) is 0 Å². The second kappa shape index (κ2) is 10.0. The van der Waals surface area contributed by atoms with E-state index in [1.54, 1.807) is 32.0 Å². The molecular formula is C27H32F3N5O3. The zero-order chi connectivity index (χ0) is 28.0. The molecule has 3 aromatic rings. The van der Waals surface area contributed by atoms with Gasteiger partial charge in [0.15, 0.2) is 0 Å². The summed E-state index contributed by atoms with van der Waals surface area (Å²) in [6.07, 6.45) is -0.868. The average Bonchev–Trinajstić information content (AvgIpc) is 2.85. The third-order valence-corrected chi connectivity index (χ3v) is 7.57.